The molecule has 1 aromatic rings. The molecule has 6 heteroatoms. The maximum Gasteiger partial charge on any atom is 0.270 e. The number of benzene rings is 1. The molecule has 0 spiro atoms. The summed E-state index contributed by atoms with van der Waals surface area (Å²) in [6.45, 7) is 3.51. The van der Waals surface area contributed by atoms with Crippen LogP contribution >= 0.6 is 0 Å². The van der Waals surface area contributed by atoms with Gasteiger partial charge in [-0.05, 0) is 37.7 Å². The number of hydrogen-bond acceptors (Lipinski definition) is 3. The quantitative estimate of drug-likeness (QED) is 0.683. The van der Waals surface area contributed by atoms with E-state index >= 15 is 0 Å². The molecule has 108 valence electrons. The minimum atomic E-state index is -0.695. The fourth-order valence-corrected chi connectivity index (χ4v) is 2.62. The van der Waals surface area contributed by atoms with Gasteiger partial charge in [0.15, 0.2) is 0 Å². The highest BCUT2D eigenvalue weighted by molar-refractivity contribution is 5.95. The van der Waals surface area contributed by atoms with Crippen molar-refractivity contribution in [1.82, 2.24) is 5.32 Å². The van der Waals surface area contributed by atoms with E-state index in [1.54, 1.807) is 0 Å². The van der Waals surface area contributed by atoms with Crippen LogP contribution in [0.4, 0.5) is 10.1 Å². The summed E-state index contributed by atoms with van der Waals surface area (Å²) in [5.74, 6) is -0.732. The van der Waals surface area contributed by atoms with E-state index in [1.165, 1.54) is 6.92 Å². The second-order valence-electron chi connectivity index (χ2n) is 5.47. The van der Waals surface area contributed by atoms with Gasteiger partial charge in [0.25, 0.3) is 11.6 Å². The number of nitrogens with one attached hydrogen (secondary N) is 1. The van der Waals surface area contributed by atoms with Crippen molar-refractivity contribution in [1.29, 1.82) is 0 Å². The van der Waals surface area contributed by atoms with Gasteiger partial charge in [0.05, 0.1) is 10.5 Å². The van der Waals surface area contributed by atoms with Gasteiger partial charge in [-0.25, -0.2) is 4.39 Å². The monoisotopic (exact) mass is 280 g/mol. The van der Waals surface area contributed by atoms with E-state index in [1.807, 2.05) is 0 Å². The number of halogens is 1. The van der Waals surface area contributed by atoms with Gasteiger partial charge in [-0.1, -0.05) is 6.92 Å². The summed E-state index contributed by atoms with van der Waals surface area (Å²) < 4.78 is 14.0. The van der Waals surface area contributed by atoms with Crippen LogP contribution < -0.4 is 5.32 Å². The van der Waals surface area contributed by atoms with Gasteiger partial charge in [0.1, 0.15) is 5.82 Å². The Morgan fingerprint density at radius 3 is 2.70 bits per heavy atom. The van der Waals surface area contributed by atoms with Gasteiger partial charge < -0.3 is 5.32 Å². The summed E-state index contributed by atoms with van der Waals surface area (Å²) in [4.78, 5) is 22.2. The summed E-state index contributed by atoms with van der Waals surface area (Å²) in [5.41, 5.74) is -0.422. The molecule has 1 aromatic carbocycles. The average molecular weight is 280 g/mol. The minimum Gasteiger partial charge on any atom is -0.349 e. The summed E-state index contributed by atoms with van der Waals surface area (Å²) >= 11 is 0. The lowest BCUT2D eigenvalue weighted by Crippen LogP contribution is -2.33. The van der Waals surface area contributed by atoms with Gasteiger partial charge in [-0.2, -0.15) is 0 Å². The van der Waals surface area contributed by atoms with Crippen molar-refractivity contribution in [2.24, 2.45) is 5.92 Å². The van der Waals surface area contributed by atoms with E-state index < -0.39 is 16.6 Å². The molecule has 1 fully saturated rings. The Hall–Kier alpha value is -1.98. The van der Waals surface area contributed by atoms with Crippen molar-refractivity contribution in [2.45, 2.75) is 39.2 Å². The summed E-state index contributed by atoms with van der Waals surface area (Å²) in [6, 6.07) is 2.15. The third kappa shape index (κ3) is 2.95. The van der Waals surface area contributed by atoms with Crippen molar-refractivity contribution in [3.05, 3.63) is 39.2 Å². The maximum absolute atomic E-state index is 14.0. The van der Waals surface area contributed by atoms with Crippen LogP contribution in [0, 0.1) is 28.8 Å². The second-order valence-corrected chi connectivity index (χ2v) is 5.47. The van der Waals surface area contributed by atoms with Gasteiger partial charge in [-0.3, -0.25) is 14.9 Å². The Kier molecular flexibility index (Phi) is 4.01. The summed E-state index contributed by atoms with van der Waals surface area (Å²) in [7, 11) is 0. The molecule has 1 N–H and O–H groups in total. The standard InChI is InChI=1S/C14H17FN2O3/c1-8-3-4-10(5-8)16-14(18)12-7-11(17(19)20)6-9(2)13(12)15/h6-8,10H,3-5H2,1-2H3,(H,16,18). The molecule has 2 rings (SSSR count). The first kappa shape index (κ1) is 14.4. The molecule has 2 unspecified atom stereocenters. The zero-order chi connectivity index (χ0) is 14.9. The molecule has 1 amide bonds. The van der Waals surface area contributed by atoms with Crippen molar-refractivity contribution >= 4 is 11.6 Å². The second kappa shape index (κ2) is 5.56. The van der Waals surface area contributed by atoms with E-state index in [2.05, 4.69) is 12.2 Å². The number of rotatable bonds is 3. The lowest BCUT2D eigenvalue weighted by molar-refractivity contribution is -0.385. The van der Waals surface area contributed by atoms with E-state index in [9.17, 15) is 19.3 Å². The number of carbonyl (C=O) groups is 1. The Balaban J connectivity index is 2.22. The Morgan fingerprint density at radius 2 is 2.15 bits per heavy atom. The fourth-order valence-electron chi connectivity index (χ4n) is 2.62. The predicted octanol–water partition coefficient (Wildman–Crippen LogP) is 2.96. The van der Waals surface area contributed by atoms with Crippen molar-refractivity contribution in [3.63, 3.8) is 0 Å². The van der Waals surface area contributed by atoms with Crippen LogP contribution in [0.3, 0.4) is 0 Å². The Bertz CT molecular complexity index is 560. The smallest absolute Gasteiger partial charge is 0.270 e. The number of carbonyl (C=O) groups excluding carboxylic acids is 1. The molecule has 0 aliphatic heterocycles. The molecule has 1 saturated carbocycles. The van der Waals surface area contributed by atoms with Crippen molar-refractivity contribution in [3.8, 4) is 0 Å². The Labute approximate surface area is 116 Å². The number of non-ortho nitro benzene ring substituents is 1. The summed E-state index contributed by atoms with van der Waals surface area (Å²) in [6.07, 6.45) is 2.76. The molecule has 0 saturated heterocycles. The highest BCUT2D eigenvalue weighted by Crippen LogP contribution is 2.26. The van der Waals surface area contributed by atoms with E-state index in [4.69, 9.17) is 0 Å². The lowest BCUT2D eigenvalue weighted by atomic mass is 10.1. The summed E-state index contributed by atoms with van der Waals surface area (Å²) in [5, 5.41) is 13.5. The van der Waals surface area contributed by atoms with E-state index in [0.29, 0.717) is 5.92 Å². The zero-order valence-electron chi connectivity index (χ0n) is 11.5. The highest BCUT2D eigenvalue weighted by atomic mass is 19.1. The third-order valence-corrected chi connectivity index (χ3v) is 3.72. The van der Waals surface area contributed by atoms with Gasteiger partial charge >= 0.3 is 0 Å². The minimum absolute atomic E-state index is 0.0245. The van der Waals surface area contributed by atoms with E-state index in [-0.39, 0.29) is 22.9 Å². The first-order valence-corrected chi connectivity index (χ1v) is 6.64. The SMILES string of the molecule is Cc1cc([N+](=O)[O-])cc(C(=O)NC2CCC(C)C2)c1F. The number of nitro groups is 1. The highest BCUT2D eigenvalue weighted by Gasteiger charge is 2.25. The molecule has 0 radical (unpaired) electrons. The molecular formula is C14H17FN2O3. The maximum atomic E-state index is 14.0. The molecular weight excluding hydrogens is 263 g/mol. The Morgan fingerprint density at radius 1 is 1.45 bits per heavy atom. The number of nitrogens with zero attached hydrogens (tertiary/aromatic N) is 1. The third-order valence-electron chi connectivity index (χ3n) is 3.72. The van der Waals surface area contributed by atoms with Crippen LogP contribution in [0.5, 0.6) is 0 Å². The van der Waals surface area contributed by atoms with E-state index in [0.717, 1.165) is 31.4 Å². The molecule has 20 heavy (non-hydrogen) atoms. The molecule has 2 atom stereocenters. The van der Waals surface area contributed by atoms with Gasteiger partial charge in [-0.15, -0.1) is 0 Å². The molecule has 1 aliphatic carbocycles. The molecule has 0 aromatic heterocycles. The van der Waals surface area contributed by atoms with Gasteiger partial charge in [0, 0.05) is 18.2 Å². The normalized spacial score (nSPS) is 21.8. The zero-order valence-corrected chi connectivity index (χ0v) is 11.5. The van der Waals surface area contributed by atoms with Crippen LogP contribution in [0.25, 0.3) is 0 Å². The van der Waals surface area contributed by atoms with Crippen molar-refractivity contribution < 1.29 is 14.1 Å². The van der Waals surface area contributed by atoms with Gasteiger partial charge in [0.2, 0.25) is 0 Å². The topological polar surface area (TPSA) is 72.2 Å². The first-order chi connectivity index (χ1) is 9.38. The van der Waals surface area contributed by atoms with Crippen LogP contribution in [-0.4, -0.2) is 16.9 Å². The van der Waals surface area contributed by atoms with Crippen molar-refractivity contribution in [2.75, 3.05) is 0 Å². The van der Waals surface area contributed by atoms with Crippen LogP contribution in [0.15, 0.2) is 12.1 Å². The largest absolute Gasteiger partial charge is 0.349 e. The number of hydrogen-bond donors (Lipinski definition) is 1. The van der Waals surface area contributed by atoms with Crippen LogP contribution in [-0.2, 0) is 0 Å². The average Bonchev–Trinajstić information content (AvgIpc) is 2.77. The molecule has 0 bridgehead atoms. The number of nitro benzene ring substituents is 1. The lowest BCUT2D eigenvalue weighted by Gasteiger charge is -2.13. The number of amides is 1. The number of aryl methyl sites for hydroxylation is 1. The fraction of sp³-hybridized carbons (Fsp3) is 0.500. The predicted molar refractivity (Wildman–Crippen MR) is 72.1 cm³/mol. The van der Waals surface area contributed by atoms with Crippen LogP contribution in [0.1, 0.15) is 42.1 Å². The molecule has 1 aliphatic rings. The first-order valence-electron chi connectivity index (χ1n) is 6.64. The van der Waals surface area contributed by atoms with Crippen LogP contribution in [0.2, 0.25) is 0 Å². The molecule has 5 nitrogen and oxygen atoms in total. The molecule has 0 heterocycles.